The summed E-state index contributed by atoms with van der Waals surface area (Å²) in [6, 6.07) is 8.72. The summed E-state index contributed by atoms with van der Waals surface area (Å²) in [5.41, 5.74) is 1.55. The van der Waals surface area contributed by atoms with E-state index in [-0.39, 0.29) is 24.0 Å². The highest BCUT2D eigenvalue weighted by Gasteiger charge is 2.13. The fraction of sp³-hybridized carbons (Fsp3) is 0.278. The summed E-state index contributed by atoms with van der Waals surface area (Å²) in [5, 5.41) is 34.2. The van der Waals surface area contributed by atoms with Gasteiger partial charge in [-0.15, -0.1) is 16.7 Å². The molecule has 1 atom stereocenters. The van der Waals surface area contributed by atoms with Crippen molar-refractivity contribution in [3.05, 3.63) is 46.5 Å². The quantitative estimate of drug-likeness (QED) is 0.242. The SMILES string of the molecule is COc1cc(N=Nc2ccc([N+](=O)[O-])cc2)c(NC(C)=O)cc1NCC(O)CCl. The summed E-state index contributed by atoms with van der Waals surface area (Å²) in [6.07, 6.45) is -0.757. The second kappa shape index (κ2) is 10.3. The number of nitrogens with one attached hydrogen (secondary N) is 2. The Morgan fingerprint density at radius 1 is 1.28 bits per heavy atom. The number of ether oxygens (including phenoxy) is 1. The number of nitrogens with zero attached hydrogens (tertiary/aromatic N) is 3. The average molecular weight is 422 g/mol. The normalized spacial score (nSPS) is 11.9. The van der Waals surface area contributed by atoms with Crippen LogP contribution in [0, 0.1) is 10.1 Å². The zero-order valence-electron chi connectivity index (χ0n) is 15.8. The lowest BCUT2D eigenvalue weighted by atomic mass is 10.2. The minimum Gasteiger partial charge on any atom is -0.495 e. The Morgan fingerprint density at radius 2 is 1.97 bits per heavy atom. The molecule has 154 valence electrons. The third-order valence-corrected chi connectivity index (χ3v) is 4.02. The van der Waals surface area contributed by atoms with Crippen LogP contribution in [-0.2, 0) is 4.79 Å². The van der Waals surface area contributed by atoms with Crippen molar-refractivity contribution < 1.29 is 19.6 Å². The van der Waals surface area contributed by atoms with Gasteiger partial charge in [0.15, 0.2) is 0 Å². The topological polar surface area (TPSA) is 138 Å². The lowest BCUT2D eigenvalue weighted by molar-refractivity contribution is -0.384. The molecule has 3 N–H and O–H groups in total. The minimum atomic E-state index is -0.757. The highest BCUT2D eigenvalue weighted by molar-refractivity contribution is 6.18. The van der Waals surface area contributed by atoms with Crippen LogP contribution in [0.15, 0.2) is 46.6 Å². The Balaban J connectivity index is 2.35. The number of hydrogen-bond acceptors (Lipinski definition) is 8. The highest BCUT2D eigenvalue weighted by atomic mass is 35.5. The Kier molecular flexibility index (Phi) is 7.87. The predicted octanol–water partition coefficient (Wildman–Crippen LogP) is 3.99. The van der Waals surface area contributed by atoms with Crippen LogP contribution >= 0.6 is 11.6 Å². The largest absolute Gasteiger partial charge is 0.495 e. The predicted molar refractivity (Wildman–Crippen MR) is 110 cm³/mol. The van der Waals surface area contributed by atoms with Crippen LogP contribution in [0.1, 0.15) is 6.92 Å². The number of aliphatic hydroxyl groups excluding tert-OH is 1. The number of halogens is 1. The zero-order valence-corrected chi connectivity index (χ0v) is 16.5. The number of nitro groups is 1. The van der Waals surface area contributed by atoms with Crippen molar-refractivity contribution in [3.63, 3.8) is 0 Å². The lowest BCUT2D eigenvalue weighted by Gasteiger charge is -2.16. The van der Waals surface area contributed by atoms with E-state index in [1.54, 1.807) is 12.1 Å². The van der Waals surface area contributed by atoms with Crippen LogP contribution in [0.25, 0.3) is 0 Å². The van der Waals surface area contributed by atoms with Gasteiger partial charge in [0.1, 0.15) is 11.4 Å². The molecule has 0 radical (unpaired) electrons. The van der Waals surface area contributed by atoms with Crippen LogP contribution in [0.4, 0.5) is 28.4 Å². The second-order valence-corrected chi connectivity index (χ2v) is 6.22. The molecule has 2 aromatic carbocycles. The lowest BCUT2D eigenvalue weighted by Crippen LogP contribution is -2.21. The number of amides is 1. The molecule has 0 aromatic heterocycles. The third-order valence-electron chi connectivity index (χ3n) is 3.67. The Bertz CT molecular complexity index is 904. The summed E-state index contributed by atoms with van der Waals surface area (Å²) >= 11 is 5.60. The molecule has 0 aliphatic heterocycles. The van der Waals surface area contributed by atoms with E-state index >= 15 is 0 Å². The number of aliphatic hydroxyl groups is 1. The molecule has 0 bridgehead atoms. The molecule has 1 amide bonds. The fourth-order valence-electron chi connectivity index (χ4n) is 2.28. The molecule has 0 aliphatic rings. The first kappa shape index (κ1) is 22.1. The molecule has 0 saturated heterocycles. The Morgan fingerprint density at radius 3 is 2.52 bits per heavy atom. The molecule has 1 unspecified atom stereocenters. The number of azo groups is 1. The van der Waals surface area contributed by atoms with Crippen molar-refractivity contribution in [1.82, 2.24) is 0 Å². The van der Waals surface area contributed by atoms with Gasteiger partial charge in [-0.1, -0.05) is 0 Å². The maximum atomic E-state index is 11.6. The van der Waals surface area contributed by atoms with E-state index in [1.165, 1.54) is 38.3 Å². The van der Waals surface area contributed by atoms with Gasteiger partial charge < -0.3 is 20.5 Å². The van der Waals surface area contributed by atoms with E-state index in [0.29, 0.717) is 28.5 Å². The Labute approximate surface area is 171 Å². The van der Waals surface area contributed by atoms with E-state index in [1.807, 2.05) is 0 Å². The van der Waals surface area contributed by atoms with E-state index < -0.39 is 11.0 Å². The summed E-state index contributed by atoms with van der Waals surface area (Å²) in [5.74, 6) is 0.169. The number of carbonyl (C=O) groups excluding carboxylic acids is 1. The van der Waals surface area contributed by atoms with Gasteiger partial charge in [0.2, 0.25) is 5.91 Å². The molecular weight excluding hydrogens is 402 g/mol. The minimum absolute atomic E-state index is 0.0564. The summed E-state index contributed by atoms with van der Waals surface area (Å²) in [7, 11) is 1.47. The number of benzene rings is 2. The van der Waals surface area contributed by atoms with Crippen molar-refractivity contribution in [1.29, 1.82) is 0 Å². The van der Waals surface area contributed by atoms with Crippen molar-refractivity contribution in [2.24, 2.45) is 10.2 Å². The monoisotopic (exact) mass is 421 g/mol. The maximum absolute atomic E-state index is 11.6. The molecule has 0 aliphatic carbocycles. The first-order valence-electron chi connectivity index (χ1n) is 8.47. The number of carbonyl (C=O) groups is 1. The van der Waals surface area contributed by atoms with Crippen molar-refractivity contribution in [3.8, 4) is 5.75 Å². The molecule has 0 fully saturated rings. The van der Waals surface area contributed by atoms with Gasteiger partial charge in [0, 0.05) is 31.7 Å². The third kappa shape index (κ3) is 6.40. The van der Waals surface area contributed by atoms with Crippen LogP contribution in [0.2, 0.25) is 0 Å². The summed E-state index contributed by atoms with van der Waals surface area (Å²) < 4.78 is 5.34. The van der Waals surface area contributed by atoms with Crippen molar-refractivity contribution in [2.45, 2.75) is 13.0 Å². The van der Waals surface area contributed by atoms with Gasteiger partial charge in [-0.05, 0) is 18.2 Å². The smallest absolute Gasteiger partial charge is 0.269 e. The first-order chi connectivity index (χ1) is 13.8. The van der Waals surface area contributed by atoms with Gasteiger partial charge in [-0.2, -0.15) is 5.11 Å². The first-order valence-corrected chi connectivity index (χ1v) is 9.01. The van der Waals surface area contributed by atoms with Crippen molar-refractivity contribution >= 4 is 45.9 Å². The van der Waals surface area contributed by atoms with Crippen LogP contribution in [0.5, 0.6) is 5.75 Å². The van der Waals surface area contributed by atoms with Gasteiger partial charge in [-0.25, -0.2) is 0 Å². The number of methoxy groups -OCH3 is 1. The number of anilines is 2. The number of hydrogen-bond donors (Lipinski definition) is 3. The van der Waals surface area contributed by atoms with Gasteiger partial charge in [0.05, 0.1) is 41.1 Å². The fourth-order valence-corrected chi connectivity index (χ4v) is 2.39. The molecule has 10 nitrogen and oxygen atoms in total. The van der Waals surface area contributed by atoms with E-state index in [0.717, 1.165) is 0 Å². The zero-order chi connectivity index (χ0) is 21.4. The standard InChI is InChI=1S/C18H20ClN5O5/c1-11(25)21-15-7-17(20-10-14(26)9-19)18(29-2)8-16(15)23-22-12-3-5-13(6-4-12)24(27)28/h3-8,14,20,26H,9-10H2,1-2H3,(H,21,25). The maximum Gasteiger partial charge on any atom is 0.269 e. The van der Waals surface area contributed by atoms with Gasteiger partial charge in [0.25, 0.3) is 5.69 Å². The number of nitro benzene ring substituents is 1. The van der Waals surface area contributed by atoms with E-state index in [4.69, 9.17) is 16.3 Å². The second-order valence-electron chi connectivity index (χ2n) is 5.91. The van der Waals surface area contributed by atoms with Gasteiger partial charge >= 0.3 is 0 Å². The highest BCUT2D eigenvalue weighted by Crippen LogP contribution is 2.37. The number of rotatable bonds is 9. The molecule has 0 heterocycles. The van der Waals surface area contributed by atoms with Crippen LogP contribution in [-0.4, -0.2) is 41.6 Å². The van der Waals surface area contributed by atoms with Crippen LogP contribution in [0.3, 0.4) is 0 Å². The Hall–Kier alpha value is -3.24. The molecule has 11 heteroatoms. The molecule has 0 saturated carbocycles. The van der Waals surface area contributed by atoms with Crippen LogP contribution < -0.4 is 15.4 Å². The average Bonchev–Trinajstić information content (AvgIpc) is 2.70. The van der Waals surface area contributed by atoms with E-state index in [9.17, 15) is 20.0 Å². The molecule has 2 aromatic rings. The molecular formula is C18H20ClN5O5. The van der Waals surface area contributed by atoms with E-state index in [2.05, 4.69) is 20.9 Å². The summed E-state index contributed by atoms with van der Waals surface area (Å²) in [6.45, 7) is 1.54. The molecule has 2 rings (SSSR count). The van der Waals surface area contributed by atoms with Gasteiger partial charge in [-0.3, -0.25) is 14.9 Å². The molecule has 29 heavy (non-hydrogen) atoms. The van der Waals surface area contributed by atoms with Crippen molar-refractivity contribution in [2.75, 3.05) is 30.2 Å². The molecule has 0 spiro atoms. The number of alkyl halides is 1. The number of non-ortho nitro benzene ring substituents is 1. The summed E-state index contributed by atoms with van der Waals surface area (Å²) in [4.78, 5) is 21.8.